The van der Waals surface area contributed by atoms with Gasteiger partial charge in [-0.2, -0.15) is 0 Å². The summed E-state index contributed by atoms with van der Waals surface area (Å²) in [4.78, 5) is 20.6. The molecule has 0 aliphatic heterocycles. The summed E-state index contributed by atoms with van der Waals surface area (Å²) in [7, 11) is -8.61. The van der Waals surface area contributed by atoms with Gasteiger partial charge in [0.25, 0.3) is 5.69 Å². The number of nitro benzene ring substituents is 1. The third-order valence-corrected chi connectivity index (χ3v) is 5.84. The van der Waals surface area contributed by atoms with Crippen LogP contribution in [0.4, 0.5) is 10.5 Å². The fourth-order valence-corrected chi connectivity index (χ4v) is 3.49. The molecule has 0 bridgehead atoms. The number of rotatable bonds is 7. The van der Waals surface area contributed by atoms with E-state index in [0.29, 0.717) is 0 Å². The van der Waals surface area contributed by atoms with E-state index in [-0.39, 0.29) is 45.9 Å². The third kappa shape index (κ3) is 7.38. The molecular formula is C15H12NNaO10S2. The normalized spacial score (nSPS) is 11.2. The minimum Gasteiger partial charge on any atom is -0.744 e. The van der Waals surface area contributed by atoms with Gasteiger partial charge in [0.1, 0.15) is 22.5 Å². The molecule has 0 amide bonds. The van der Waals surface area contributed by atoms with Crippen molar-refractivity contribution in [3.05, 3.63) is 58.6 Å². The van der Waals surface area contributed by atoms with Crippen LogP contribution in [0.15, 0.2) is 58.3 Å². The molecule has 0 saturated carbocycles. The van der Waals surface area contributed by atoms with Gasteiger partial charge in [0.05, 0.1) is 20.5 Å². The van der Waals surface area contributed by atoms with Crippen LogP contribution in [0, 0.1) is 10.1 Å². The van der Waals surface area contributed by atoms with Crippen molar-refractivity contribution >= 4 is 31.8 Å². The average Bonchev–Trinajstić information content (AvgIpc) is 2.61. The van der Waals surface area contributed by atoms with E-state index in [0.717, 1.165) is 36.4 Å². The van der Waals surface area contributed by atoms with Gasteiger partial charge in [0.15, 0.2) is 9.84 Å². The number of sulfone groups is 1. The molecule has 0 aliphatic rings. The number of carbonyl (C=O) groups excluding carboxylic acids is 1. The van der Waals surface area contributed by atoms with Gasteiger partial charge in [-0.1, -0.05) is 0 Å². The first-order valence-electron chi connectivity index (χ1n) is 7.37. The van der Waals surface area contributed by atoms with Crippen LogP contribution in [0.5, 0.6) is 5.75 Å². The molecule has 0 aromatic heterocycles. The smallest absolute Gasteiger partial charge is 0.744 e. The number of hydrogen-bond acceptors (Lipinski definition) is 10. The molecular weight excluding hydrogens is 441 g/mol. The summed E-state index contributed by atoms with van der Waals surface area (Å²) in [5.41, 5.74) is -0.206. The van der Waals surface area contributed by atoms with Gasteiger partial charge < -0.3 is 14.0 Å². The van der Waals surface area contributed by atoms with Gasteiger partial charge in [0, 0.05) is 12.1 Å². The van der Waals surface area contributed by atoms with Crippen molar-refractivity contribution in [3.8, 4) is 5.75 Å². The van der Waals surface area contributed by atoms with Crippen molar-refractivity contribution in [2.75, 3.05) is 12.4 Å². The number of benzene rings is 2. The maximum Gasteiger partial charge on any atom is 1.00 e. The predicted molar refractivity (Wildman–Crippen MR) is 91.5 cm³/mol. The molecule has 0 aliphatic carbocycles. The van der Waals surface area contributed by atoms with E-state index in [9.17, 15) is 36.3 Å². The van der Waals surface area contributed by atoms with Crippen molar-refractivity contribution in [2.45, 2.75) is 9.79 Å². The Labute approximate surface area is 187 Å². The Morgan fingerprint density at radius 2 is 1.45 bits per heavy atom. The van der Waals surface area contributed by atoms with Crippen LogP contribution in [-0.4, -0.2) is 44.8 Å². The van der Waals surface area contributed by atoms with Crippen LogP contribution in [0.1, 0.15) is 0 Å². The quantitative estimate of drug-likeness (QED) is 0.120. The zero-order valence-electron chi connectivity index (χ0n) is 14.9. The Kier molecular flexibility index (Phi) is 8.74. The van der Waals surface area contributed by atoms with Crippen LogP contribution in [-0.2, 0) is 24.7 Å². The molecule has 0 spiro atoms. The SMILES string of the molecule is O=C(OCCS(=O)(=O)c1ccc(S(=O)(=O)[O-])cc1)Oc1ccc([N+](=O)[O-])cc1.[Na+]. The number of ether oxygens (including phenoxy) is 2. The molecule has 29 heavy (non-hydrogen) atoms. The maximum absolute atomic E-state index is 12.1. The Morgan fingerprint density at radius 3 is 1.93 bits per heavy atom. The Balaban J connectivity index is 0.00000420. The molecule has 0 saturated heterocycles. The van der Waals surface area contributed by atoms with Gasteiger partial charge in [-0.05, 0) is 36.4 Å². The van der Waals surface area contributed by atoms with Crippen LogP contribution < -0.4 is 34.3 Å². The van der Waals surface area contributed by atoms with Crippen LogP contribution >= 0.6 is 0 Å². The van der Waals surface area contributed by atoms with E-state index in [2.05, 4.69) is 4.74 Å². The van der Waals surface area contributed by atoms with E-state index in [1.54, 1.807) is 0 Å². The summed E-state index contributed by atoms with van der Waals surface area (Å²) in [5.74, 6) is -0.654. The molecule has 0 radical (unpaired) electrons. The maximum atomic E-state index is 12.1. The fourth-order valence-electron chi connectivity index (χ4n) is 1.93. The van der Waals surface area contributed by atoms with E-state index < -0.39 is 48.3 Å². The predicted octanol–water partition coefficient (Wildman–Crippen LogP) is -1.51. The van der Waals surface area contributed by atoms with Crippen LogP contribution in [0.3, 0.4) is 0 Å². The minimum atomic E-state index is -4.70. The summed E-state index contributed by atoms with van der Waals surface area (Å²) in [6, 6.07) is 8.18. The number of carbonyl (C=O) groups is 1. The summed E-state index contributed by atoms with van der Waals surface area (Å²) >= 11 is 0. The molecule has 2 rings (SSSR count). The van der Waals surface area contributed by atoms with Gasteiger partial charge in [0.2, 0.25) is 0 Å². The Hall–Kier alpha value is -2.03. The Morgan fingerprint density at radius 1 is 0.931 bits per heavy atom. The van der Waals surface area contributed by atoms with Gasteiger partial charge >= 0.3 is 35.7 Å². The van der Waals surface area contributed by atoms with Crippen molar-refractivity contribution in [3.63, 3.8) is 0 Å². The standard InChI is InChI=1S/C15H13NO10S2.Na/c17-15(26-12-3-1-11(2-4-12)16(18)19)25-9-10-27(20,21)13-5-7-14(8-6-13)28(22,23)24;/h1-8H,9-10H2,(H,22,23,24);/q;+1/p-1. The van der Waals surface area contributed by atoms with Gasteiger partial charge in [-0.25, -0.2) is 21.6 Å². The van der Waals surface area contributed by atoms with Crippen LogP contribution in [0.25, 0.3) is 0 Å². The van der Waals surface area contributed by atoms with E-state index in [1.165, 1.54) is 12.1 Å². The molecule has 150 valence electrons. The second-order valence-electron chi connectivity index (χ2n) is 5.20. The minimum absolute atomic E-state index is 0. The van der Waals surface area contributed by atoms with Gasteiger partial charge in [-0.3, -0.25) is 10.1 Å². The molecule has 2 aromatic carbocycles. The van der Waals surface area contributed by atoms with E-state index >= 15 is 0 Å². The molecule has 0 fully saturated rings. The second kappa shape index (κ2) is 10.1. The molecule has 2 aromatic rings. The fraction of sp³-hybridized carbons (Fsp3) is 0.133. The first-order chi connectivity index (χ1) is 13.0. The largest absolute Gasteiger partial charge is 1.00 e. The van der Waals surface area contributed by atoms with Crippen molar-refractivity contribution in [2.24, 2.45) is 0 Å². The van der Waals surface area contributed by atoms with E-state index in [4.69, 9.17) is 4.74 Å². The summed E-state index contributed by atoms with van der Waals surface area (Å²) in [6.45, 7) is -0.560. The number of non-ortho nitro benzene ring substituents is 1. The van der Waals surface area contributed by atoms with Crippen molar-refractivity contribution in [1.82, 2.24) is 0 Å². The van der Waals surface area contributed by atoms with Crippen LogP contribution in [0.2, 0.25) is 0 Å². The zero-order chi connectivity index (χ0) is 20.9. The first kappa shape index (κ1) is 25.0. The number of hydrogen-bond donors (Lipinski definition) is 0. The zero-order valence-corrected chi connectivity index (χ0v) is 18.5. The number of nitro groups is 1. The first-order valence-corrected chi connectivity index (χ1v) is 10.4. The van der Waals surface area contributed by atoms with Gasteiger partial charge in [-0.15, -0.1) is 0 Å². The topological polar surface area (TPSA) is 170 Å². The summed E-state index contributed by atoms with van der Waals surface area (Å²) in [5, 5.41) is 10.5. The second-order valence-corrected chi connectivity index (χ2v) is 8.68. The summed E-state index contributed by atoms with van der Waals surface area (Å²) < 4.78 is 66.1. The Bertz CT molecular complexity index is 1080. The molecule has 0 N–H and O–H groups in total. The van der Waals surface area contributed by atoms with E-state index in [1.807, 2.05) is 0 Å². The molecule has 14 heteroatoms. The van der Waals surface area contributed by atoms with Crippen molar-refractivity contribution in [1.29, 1.82) is 0 Å². The average molecular weight is 453 g/mol. The molecule has 0 unspecified atom stereocenters. The molecule has 0 heterocycles. The summed E-state index contributed by atoms with van der Waals surface area (Å²) in [6.07, 6.45) is -1.21. The van der Waals surface area contributed by atoms with Crippen molar-refractivity contribution < 1.29 is 70.1 Å². The molecule has 11 nitrogen and oxygen atoms in total. The third-order valence-electron chi connectivity index (χ3n) is 3.29. The monoisotopic (exact) mass is 453 g/mol. The number of nitrogens with zero attached hydrogens (tertiary/aromatic N) is 1. The molecule has 0 atom stereocenters.